The van der Waals surface area contributed by atoms with Gasteiger partial charge in [0.25, 0.3) is 0 Å². The minimum Gasteiger partial charge on any atom is -0.412 e. The van der Waals surface area contributed by atoms with Crippen LogP contribution < -0.4 is 0 Å². The van der Waals surface area contributed by atoms with Crippen LogP contribution in [0.3, 0.4) is 0 Å². The molecule has 0 aromatic carbocycles. The van der Waals surface area contributed by atoms with Crippen LogP contribution in [0, 0.1) is 52.2 Å². The first-order valence-electron chi connectivity index (χ1n) is 0.548. The monoisotopic (exact) mass is 339 g/mol. The van der Waals surface area contributed by atoms with Crippen molar-refractivity contribution < 1.29 is 74.8 Å². The third-order valence-electron chi connectivity index (χ3n) is 0. The Balaban J connectivity index is -0.00000000214. The molecule has 0 unspecified atom stereocenters. The average Bonchev–Trinajstić information content (AvgIpc) is 0.811. The summed E-state index contributed by atoms with van der Waals surface area (Å²) in [5.74, 6) is 0. The molecule has 0 aliphatic rings. The maximum Gasteiger partial charge on any atom is 3.00 e. The molecule has 0 aliphatic carbocycles. The minimum absolute atomic E-state index is 0. The van der Waals surface area contributed by atoms with Gasteiger partial charge in [0, 0.05) is 0 Å². The predicted molar refractivity (Wildman–Crippen MR) is 32.0 cm³/mol. The van der Waals surface area contributed by atoms with E-state index in [4.69, 9.17) is 15.3 Å². The van der Waals surface area contributed by atoms with E-state index in [1.54, 1.807) is 0 Å². The van der Waals surface area contributed by atoms with Gasteiger partial charge >= 0.3 is 36.9 Å². The molecule has 0 amide bonds. The Labute approximate surface area is 90.0 Å². The molecule has 0 radical (unpaired) electrons. The Morgan fingerprint density at radius 3 is 0.727 bits per heavy atom. The first kappa shape index (κ1) is 114. The quantitative estimate of drug-likeness (QED) is 0.310. The second-order valence-electron chi connectivity index (χ2n) is 0.224. The van der Waals surface area contributed by atoms with Crippen molar-refractivity contribution in [1.82, 2.24) is 0 Å². The van der Waals surface area contributed by atoms with Crippen molar-refractivity contribution in [1.29, 1.82) is 0 Å². The van der Waals surface area contributed by atoms with Gasteiger partial charge in [0.15, 0.2) is 0 Å². The molecule has 10 nitrogen and oxygen atoms in total. The van der Waals surface area contributed by atoms with Crippen molar-refractivity contribution in [2.24, 2.45) is 0 Å². The van der Waals surface area contributed by atoms with Gasteiger partial charge < -0.3 is 48.2 Å². The van der Waals surface area contributed by atoms with E-state index in [2.05, 4.69) is 0 Å². The van der Waals surface area contributed by atoms with Gasteiger partial charge in [-0.1, -0.05) is 0 Å². The Morgan fingerprint density at radius 1 is 0.727 bits per heavy atom. The molecule has 0 saturated heterocycles. The van der Waals surface area contributed by atoms with Crippen molar-refractivity contribution in [3.8, 4) is 0 Å². The fraction of sp³-hybridized carbons (Fsp3) is 0. The molecule has 0 bridgehead atoms. The van der Waals surface area contributed by atoms with Gasteiger partial charge in [0.1, 0.15) is 0 Å². The van der Waals surface area contributed by atoms with E-state index in [9.17, 15) is 0 Å². The zero-order valence-electron chi connectivity index (χ0n) is 4.95. The summed E-state index contributed by atoms with van der Waals surface area (Å²) >= 11 is 0. The molecule has 0 aromatic rings. The molecule has 0 heterocycles. The van der Waals surface area contributed by atoms with Crippen molar-refractivity contribution in [3.05, 3.63) is 15.3 Å². The van der Waals surface area contributed by atoms with Gasteiger partial charge in [0.05, 0.1) is 5.09 Å². The van der Waals surface area contributed by atoms with Crippen molar-refractivity contribution >= 4 is 0 Å². The van der Waals surface area contributed by atoms with E-state index < -0.39 is 5.09 Å². The SMILES string of the molecule is O.O.O.O.O.O.O=[N+]([O-])[O-].[Tm+3]. The molecule has 0 saturated carbocycles. The van der Waals surface area contributed by atoms with Crippen LogP contribution in [0.15, 0.2) is 0 Å². The molecule has 82 valence electrons. The summed E-state index contributed by atoms with van der Waals surface area (Å²) in [5.41, 5.74) is 0. The van der Waals surface area contributed by atoms with Gasteiger partial charge in [0.2, 0.25) is 0 Å². The largest absolute Gasteiger partial charge is 3.00 e. The Kier molecular flexibility index (Phi) is 876. The fourth-order valence-electron chi connectivity index (χ4n) is 0. The van der Waals surface area contributed by atoms with Crippen LogP contribution in [0.2, 0.25) is 0 Å². The standard InChI is InChI=1S/NO3.6H2O.Tm/c2-1(3)4;;;;;;;/h;6*1H2;/q-1;;;;;;;+3. The summed E-state index contributed by atoms with van der Waals surface area (Å²) in [7, 11) is 0. The molecule has 0 atom stereocenters. The van der Waals surface area contributed by atoms with Gasteiger partial charge in [-0.05, 0) is 0 Å². The maximum atomic E-state index is 8.25. The normalized spacial score (nSPS) is 2.18. The zero-order chi connectivity index (χ0) is 3.58. The predicted octanol–water partition coefficient (Wildman–Crippen LogP) is -5.19. The second kappa shape index (κ2) is 84.5. The van der Waals surface area contributed by atoms with E-state index >= 15 is 0 Å². The molecule has 11 heavy (non-hydrogen) atoms. The van der Waals surface area contributed by atoms with Crippen molar-refractivity contribution in [2.75, 3.05) is 0 Å². The van der Waals surface area contributed by atoms with E-state index in [1.165, 1.54) is 0 Å². The first-order chi connectivity index (χ1) is 1.73. The molecule has 0 aromatic heterocycles. The molecule has 12 N–H and O–H groups in total. The summed E-state index contributed by atoms with van der Waals surface area (Å²) in [4.78, 5) is 8.25. The zero-order valence-corrected chi connectivity index (χ0v) is 6.73. The topological polar surface area (TPSA) is 255 Å². The van der Waals surface area contributed by atoms with Crippen LogP contribution in [0.25, 0.3) is 0 Å². The summed E-state index contributed by atoms with van der Waals surface area (Å²) in [6, 6.07) is 0. The minimum atomic E-state index is -1.75. The summed E-state index contributed by atoms with van der Waals surface area (Å²) in [5, 5.41) is 14.8. The molecule has 0 aliphatic heterocycles. The van der Waals surface area contributed by atoms with Crippen molar-refractivity contribution in [3.63, 3.8) is 0 Å². The smallest absolute Gasteiger partial charge is 0.412 e. The molecule has 11 heteroatoms. The molecule has 0 fully saturated rings. The maximum absolute atomic E-state index is 8.25. The number of rotatable bonds is 0. The van der Waals surface area contributed by atoms with Gasteiger partial charge in [-0.25, -0.2) is 0 Å². The van der Waals surface area contributed by atoms with Crippen molar-refractivity contribution in [2.45, 2.75) is 0 Å². The second-order valence-corrected chi connectivity index (χ2v) is 0.224. The number of nitrogens with zero attached hydrogens (tertiary/aromatic N) is 1. The Hall–Kier alpha value is 0.194. The summed E-state index contributed by atoms with van der Waals surface area (Å²) in [6.07, 6.45) is 0. The van der Waals surface area contributed by atoms with Crippen LogP contribution in [0.4, 0.5) is 0 Å². The number of hydrogen-bond acceptors (Lipinski definition) is 3. The summed E-state index contributed by atoms with van der Waals surface area (Å²) < 4.78 is 0. The van der Waals surface area contributed by atoms with E-state index in [1.807, 2.05) is 0 Å². The van der Waals surface area contributed by atoms with Gasteiger partial charge in [-0.2, -0.15) is 0 Å². The Bertz CT molecular complexity index is 32.5. The Morgan fingerprint density at radius 2 is 0.727 bits per heavy atom. The number of hydrogen-bond donors (Lipinski definition) is 0. The molecular weight excluding hydrogens is 327 g/mol. The van der Waals surface area contributed by atoms with E-state index in [0.29, 0.717) is 0 Å². The van der Waals surface area contributed by atoms with E-state index in [-0.39, 0.29) is 69.7 Å². The van der Waals surface area contributed by atoms with Crippen LogP contribution >= 0.6 is 0 Å². The van der Waals surface area contributed by atoms with Crippen LogP contribution in [-0.2, 0) is 0 Å². The summed E-state index contributed by atoms with van der Waals surface area (Å²) in [6.45, 7) is 0. The van der Waals surface area contributed by atoms with E-state index in [0.717, 1.165) is 0 Å². The molecular formula is H12NO9Tm+2. The van der Waals surface area contributed by atoms with Crippen LogP contribution in [0.5, 0.6) is 0 Å². The van der Waals surface area contributed by atoms with Gasteiger partial charge in [-0.3, -0.25) is 0 Å². The van der Waals surface area contributed by atoms with Gasteiger partial charge in [-0.15, -0.1) is 0 Å². The molecule has 0 rings (SSSR count). The van der Waals surface area contributed by atoms with Crippen LogP contribution in [-0.4, -0.2) is 37.9 Å². The third kappa shape index (κ3) is 18200. The fourth-order valence-corrected chi connectivity index (χ4v) is 0. The molecule has 0 spiro atoms. The van der Waals surface area contributed by atoms with Crippen LogP contribution in [0.1, 0.15) is 0 Å². The average molecular weight is 339 g/mol. The first-order valence-corrected chi connectivity index (χ1v) is 0.548. The third-order valence-corrected chi connectivity index (χ3v) is 0.